The highest BCUT2D eigenvalue weighted by molar-refractivity contribution is 7.89. The Kier molecular flexibility index (Phi) is 7.47. The molecule has 2 aromatic carbocycles. The highest BCUT2D eigenvalue weighted by Gasteiger charge is 2.30. The molecule has 2 aliphatic heterocycles. The Morgan fingerprint density at radius 1 is 1.19 bits per heavy atom. The van der Waals surface area contributed by atoms with Crippen LogP contribution in [0.3, 0.4) is 0 Å². The van der Waals surface area contributed by atoms with Crippen LogP contribution in [0, 0.1) is 0 Å². The van der Waals surface area contributed by atoms with Gasteiger partial charge in [0.15, 0.2) is 5.13 Å². The van der Waals surface area contributed by atoms with Crippen LogP contribution in [0.25, 0.3) is 10.2 Å². The molecule has 0 spiro atoms. The number of carbonyl (C=O) groups excluding carboxylic acids is 1. The van der Waals surface area contributed by atoms with Gasteiger partial charge in [-0.15, -0.1) is 0 Å². The first-order valence-corrected chi connectivity index (χ1v) is 14.3. The Morgan fingerprint density at radius 2 is 1.94 bits per heavy atom. The second-order valence-electron chi connectivity index (χ2n) is 8.52. The van der Waals surface area contributed by atoms with Gasteiger partial charge in [-0.1, -0.05) is 22.9 Å². The minimum Gasteiger partial charge on any atom is -0.494 e. The minimum absolute atomic E-state index is 0.112. The number of ether oxygens (including phenoxy) is 3. The van der Waals surface area contributed by atoms with Crippen molar-refractivity contribution in [3.8, 4) is 5.75 Å². The van der Waals surface area contributed by atoms with E-state index >= 15 is 0 Å². The first kappa shape index (κ1) is 25.4. The number of carbonyl (C=O) groups is 1. The largest absolute Gasteiger partial charge is 0.494 e. The van der Waals surface area contributed by atoms with Gasteiger partial charge < -0.3 is 14.2 Å². The SMILES string of the molecule is COc1ccc(Cl)c2sc(N(CC3CCCO3)C(=O)c3ccc(S(=O)(=O)N4CCOCC4)cc3)nc12. The molecule has 5 rings (SSSR count). The zero-order chi connectivity index (χ0) is 25.3. The molecule has 1 atom stereocenters. The number of halogens is 1. The summed E-state index contributed by atoms with van der Waals surface area (Å²) in [6.07, 6.45) is 1.66. The molecule has 2 saturated heterocycles. The van der Waals surface area contributed by atoms with Crippen LogP contribution >= 0.6 is 22.9 Å². The third-order valence-corrected chi connectivity index (χ3v) is 9.71. The molecular formula is C24H26ClN3O6S2. The predicted octanol–water partition coefficient (Wildman–Crippen LogP) is 3.81. The van der Waals surface area contributed by atoms with E-state index < -0.39 is 10.0 Å². The number of sulfonamides is 1. The number of hydrogen-bond donors (Lipinski definition) is 0. The molecule has 9 nitrogen and oxygen atoms in total. The van der Waals surface area contributed by atoms with Gasteiger partial charge in [0.25, 0.3) is 5.91 Å². The van der Waals surface area contributed by atoms with Gasteiger partial charge in [0.05, 0.1) is 47.6 Å². The van der Waals surface area contributed by atoms with Crippen molar-refractivity contribution in [3.05, 3.63) is 47.0 Å². The van der Waals surface area contributed by atoms with Crippen molar-refractivity contribution in [1.29, 1.82) is 0 Å². The van der Waals surface area contributed by atoms with Crippen LogP contribution in [0.2, 0.25) is 5.02 Å². The number of amides is 1. The van der Waals surface area contributed by atoms with Crippen LogP contribution in [0.5, 0.6) is 5.75 Å². The minimum atomic E-state index is -3.66. The Hall–Kier alpha value is -2.28. The van der Waals surface area contributed by atoms with Crippen LogP contribution in [0.4, 0.5) is 5.13 Å². The third kappa shape index (κ3) is 4.96. The number of morpholine rings is 1. The van der Waals surface area contributed by atoms with E-state index in [1.165, 1.54) is 27.8 Å². The normalized spacial score (nSPS) is 19.0. The monoisotopic (exact) mass is 551 g/mol. The Bertz CT molecular complexity index is 1350. The Labute approximate surface area is 218 Å². The molecule has 0 aliphatic carbocycles. The number of nitrogens with zero attached hydrogens (tertiary/aromatic N) is 3. The molecule has 12 heteroatoms. The average molecular weight is 552 g/mol. The Morgan fingerprint density at radius 3 is 2.61 bits per heavy atom. The standard InChI is InChI=1S/C24H26ClN3O6S2/c1-32-20-9-8-19(25)22-21(20)26-24(35-22)28(15-17-3-2-12-34-17)23(29)16-4-6-18(7-5-16)36(30,31)27-10-13-33-14-11-27/h4-9,17H,2-3,10-15H2,1H3. The van der Waals surface area contributed by atoms with Crippen LogP contribution in [0.15, 0.2) is 41.3 Å². The summed E-state index contributed by atoms with van der Waals surface area (Å²) >= 11 is 7.72. The van der Waals surface area contributed by atoms with Gasteiger partial charge in [0.1, 0.15) is 11.3 Å². The maximum absolute atomic E-state index is 13.7. The van der Waals surface area contributed by atoms with E-state index in [1.807, 2.05) is 0 Å². The van der Waals surface area contributed by atoms with Crippen LogP contribution in [-0.4, -0.2) is 76.3 Å². The van der Waals surface area contributed by atoms with Crippen molar-refractivity contribution in [2.45, 2.75) is 23.8 Å². The van der Waals surface area contributed by atoms with E-state index in [0.29, 0.717) is 66.4 Å². The van der Waals surface area contributed by atoms with Gasteiger partial charge in [0, 0.05) is 25.3 Å². The van der Waals surface area contributed by atoms with E-state index in [2.05, 4.69) is 0 Å². The first-order valence-electron chi connectivity index (χ1n) is 11.6. The zero-order valence-corrected chi connectivity index (χ0v) is 22.1. The van der Waals surface area contributed by atoms with Gasteiger partial charge in [-0.25, -0.2) is 13.4 Å². The van der Waals surface area contributed by atoms with E-state index in [-0.39, 0.29) is 16.9 Å². The number of fused-ring (bicyclic) bond motifs is 1. The van der Waals surface area contributed by atoms with Crippen molar-refractivity contribution in [2.24, 2.45) is 0 Å². The van der Waals surface area contributed by atoms with Crippen LogP contribution in [-0.2, 0) is 19.5 Å². The summed E-state index contributed by atoms with van der Waals surface area (Å²) in [6, 6.07) is 9.51. The topological polar surface area (TPSA) is 98.3 Å². The molecule has 3 aromatic rings. The number of thiazole rings is 1. The lowest BCUT2D eigenvalue weighted by atomic mass is 10.2. The van der Waals surface area contributed by atoms with Crippen molar-refractivity contribution in [3.63, 3.8) is 0 Å². The summed E-state index contributed by atoms with van der Waals surface area (Å²) in [6.45, 7) is 2.33. The molecule has 1 amide bonds. The summed E-state index contributed by atoms with van der Waals surface area (Å²) in [5, 5.41) is 0.999. The lowest BCUT2D eigenvalue weighted by Gasteiger charge is -2.26. The number of benzene rings is 2. The quantitative estimate of drug-likeness (QED) is 0.440. The molecule has 0 radical (unpaired) electrons. The van der Waals surface area contributed by atoms with Crippen molar-refractivity contribution < 1.29 is 27.4 Å². The van der Waals surface area contributed by atoms with E-state index in [4.69, 9.17) is 30.8 Å². The molecule has 2 fully saturated rings. The molecule has 2 aliphatic rings. The smallest absolute Gasteiger partial charge is 0.260 e. The fourth-order valence-electron chi connectivity index (χ4n) is 4.32. The number of rotatable bonds is 7. The molecule has 36 heavy (non-hydrogen) atoms. The number of hydrogen-bond acceptors (Lipinski definition) is 8. The molecule has 0 N–H and O–H groups in total. The van der Waals surface area contributed by atoms with Crippen LogP contribution < -0.4 is 9.64 Å². The van der Waals surface area contributed by atoms with Gasteiger partial charge in [-0.05, 0) is 49.2 Å². The third-order valence-electron chi connectivity index (χ3n) is 6.26. The van der Waals surface area contributed by atoms with Crippen molar-refractivity contribution in [1.82, 2.24) is 9.29 Å². The molecule has 1 aromatic heterocycles. The summed E-state index contributed by atoms with van der Waals surface area (Å²) in [4.78, 5) is 20.1. The summed E-state index contributed by atoms with van der Waals surface area (Å²) in [5.41, 5.74) is 0.938. The number of methoxy groups -OCH3 is 1. The lowest BCUT2D eigenvalue weighted by molar-refractivity contribution is 0.0730. The molecular weight excluding hydrogens is 526 g/mol. The molecule has 1 unspecified atom stereocenters. The second-order valence-corrected chi connectivity index (χ2v) is 11.8. The molecule has 192 valence electrons. The fourth-order valence-corrected chi connectivity index (χ4v) is 6.99. The summed E-state index contributed by atoms with van der Waals surface area (Å²) in [5.74, 6) is 0.272. The van der Waals surface area contributed by atoms with E-state index in [9.17, 15) is 13.2 Å². The molecule has 3 heterocycles. The average Bonchev–Trinajstić information content (AvgIpc) is 3.58. The maximum Gasteiger partial charge on any atom is 0.260 e. The summed E-state index contributed by atoms with van der Waals surface area (Å²) < 4.78 is 44.6. The zero-order valence-electron chi connectivity index (χ0n) is 19.7. The number of aromatic nitrogens is 1. The first-order chi connectivity index (χ1) is 17.4. The van der Waals surface area contributed by atoms with Gasteiger partial charge >= 0.3 is 0 Å². The van der Waals surface area contributed by atoms with Crippen molar-refractivity contribution in [2.75, 3.05) is 51.5 Å². The highest BCUT2D eigenvalue weighted by atomic mass is 35.5. The van der Waals surface area contributed by atoms with E-state index in [0.717, 1.165) is 17.5 Å². The highest BCUT2D eigenvalue weighted by Crippen LogP contribution is 2.39. The lowest BCUT2D eigenvalue weighted by Crippen LogP contribution is -2.40. The van der Waals surface area contributed by atoms with Crippen molar-refractivity contribution >= 4 is 54.2 Å². The number of anilines is 1. The fraction of sp³-hybridized carbons (Fsp3) is 0.417. The maximum atomic E-state index is 13.7. The van der Waals surface area contributed by atoms with Crippen LogP contribution in [0.1, 0.15) is 23.2 Å². The molecule has 0 bridgehead atoms. The summed E-state index contributed by atoms with van der Waals surface area (Å²) in [7, 11) is -2.10. The Balaban J connectivity index is 1.47. The van der Waals surface area contributed by atoms with E-state index in [1.54, 1.807) is 36.3 Å². The molecule has 0 saturated carbocycles. The van der Waals surface area contributed by atoms with Gasteiger partial charge in [-0.3, -0.25) is 9.69 Å². The van der Waals surface area contributed by atoms with Gasteiger partial charge in [0.2, 0.25) is 10.0 Å². The van der Waals surface area contributed by atoms with Gasteiger partial charge in [-0.2, -0.15) is 4.31 Å². The second kappa shape index (κ2) is 10.6. The predicted molar refractivity (Wildman–Crippen MR) is 138 cm³/mol.